The summed E-state index contributed by atoms with van der Waals surface area (Å²) in [6.45, 7) is 3.08. The number of aromatic nitrogens is 2. The van der Waals surface area contributed by atoms with Crippen molar-refractivity contribution in [3.8, 4) is 11.5 Å². The monoisotopic (exact) mass is 321 g/mol. The molecule has 0 spiro atoms. The van der Waals surface area contributed by atoms with Crippen molar-refractivity contribution in [3.63, 3.8) is 0 Å². The lowest BCUT2D eigenvalue weighted by molar-refractivity contribution is 0.367. The summed E-state index contributed by atoms with van der Waals surface area (Å²) in [5.74, 6) is 1.37. The highest BCUT2D eigenvalue weighted by molar-refractivity contribution is 9.10. The molecule has 1 aromatic heterocycles. The predicted molar refractivity (Wildman–Crippen MR) is 76.8 cm³/mol. The molecule has 19 heavy (non-hydrogen) atoms. The summed E-state index contributed by atoms with van der Waals surface area (Å²) >= 11 is 3.47. The van der Waals surface area contributed by atoms with Gasteiger partial charge >= 0.3 is 0 Å². The van der Waals surface area contributed by atoms with Crippen molar-refractivity contribution < 1.29 is 4.52 Å². The van der Waals surface area contributed by atoms with E-state index in [1.165, 1.54) is 12.8 Å². The van der Waals surface area contributed by atoms with Crippen LogP contribution < -0.4 is 5.32 Å². The number of hydrogen-bond acceptors (Lipinski definition) is 4. The molecule has 0 amide bonds. The highest BCUT2D eigenvalue weighted by Gasteiger charge is 2.21. The third-order valence-electron chi connectivity index (χ3n) is 3.49. The Balaban J connectivity index is 1.89. The van der Waals surface area contributed by atoms with Crippen molar-refractivity contribution in [1.82, 2.24) is 15.5 Å². The zero-order valence-corrected chi connectivity index (χ0v) is 12.4. The molecule has 1 fully saturated rings. The number of nitrogens with one attached hydrogen (secondary N) is 1. The Morgan fingerprint density at radius 2 is 2.26 bits per heavy atom. The van der Waals surface area contributed by atoms with Crippen LogP contribution in [0.15, 0.2) is 27.2 Å². The fourth-order valence-corrected chi connectivity index (χ4v) is 2.74. The Morgan fingerprint density at radius 3 is 3.05 bits per heavy atom. The van der Waals surface area contributed by atoms with Crippen LogP contribution in [0.2, 0.25) is 0 Å². The number of benzene rings is 1. The number of aryl methyl sites for hydroxylation is 1. The number of piperidine rings is 1. The Hall–Kier alpha value is -1.20. The van der Waals surface area contributed by atoms with Crippen LogP contribution in [0.1, 0.15) is 36.7 Å². The largest absolute Gasteiger partial charge is 0.334 e. The van der Waals surface area contributed by atoms with Crippen LogP contribution in [0.3, 0.4) is 0 Å². The van der Waals surface area contributed by atoms with Gasteiger partial charge in [-0.3, -0.25) is 0 Å². The van der Waals surface area contributed by atoms with Crippen LogP contribution in [0.4, 0.5) is 0 Å². The van der Waals surface area contributed by atoms with E-state index in [1.807, 2.05) is 25.1 Å². The maximum absolute atomic E-state index is 5.42. The highest BCUT2D eigenvalue weighted by Crippen LogP contribution is 2.27. The second-order valence-electron chi connectivity index (χ2n) is 4.92. The van der Waals surface area contributed by atoms with Crippen LogP contribution in [-0.4, -0.2) is 16.7 Å². The van der Waals surface area contributed by atoms with E-state index in [-0.39, 0.29) is 6.04 Å². The molecule has 1 unspecified atom stereocenters. The van der Waals surface area contributed by atoms with Crippen LogP contribution >= 0.6 is 15.9 Å². The lowest BCUT2D eigenvalue weighted by atomic mass is 10.0. The normalized spacial score (nSPS) is 19.6. The zero-order chi connectivity index (χ0) is 13.2. The first-order valence-corrected chi connectivity index (χ1v) is 7.37. The molecule has 1 aromatic carbocycles. The molecule has 0 aliphatic carbocycles. The molecule has 1 aliphatic heterocycles. The smallest absolute Gasteiger partial charge is 0.258 e. The first-order chi connectivity index (χ1) is 9.24. The number of halogens is 1. The summed E-state index contributed by atoms with van der Waals surface area (Å²) in [5, 5.41) is 7.56. The molecule has 100 valence electrons. The van der Waals surface area contributed by atoms with Crippen LogP contribution in [0.25, 0.3) is 11.5 Å². The van der Waals surface area contributed by atoms with Crippen LogP contribution in [0, 0.1) is 6.92 Å². The lowest BCUT2D eigenvalue weighted by Gasteiger charge is -2.19. The first kappa shape index (κ1) is 12.8. The molecule has 3 rings (SSSR count). The van der Waals surface area contributed by atoms with E-state index < -0.39 is 0 Å². The van der Waals surface area contributed by atoms with E-state index in [2.05, 4.69) is 31.4 Å². The summed E-state index contributed by atoms with van der Waals surface area (Å²) in [7, 11) is 0. The summed E-state index contributed by atoms with van der Waals surface area (Å²) in [6.07, 6.45) is 3.53. The molecule has 0 saturated carbocycles. The summed E-state index contributed by atoms with van der Waals surface area (Å²) in [5.41, 5.74) is 2.12. The minimum absolute atomic E-state index is 0.235. The first-order valence-electron chi connectivity index (χ1n) is 6.57. The Morgan fingerprint density at radius 1 is 1.37 bits per heavy atom. The number of rotatable bonds is 2. The third-order valence-corrected chi connectivity index (χ3v) is 3.99. The van der Waals surface area contributed by atoms with E-state index in [0.29, 0.717) is 5.89 Å². The molecule has 2 aromatic rings. The average Bonchev–Trinajstić information content (AvgIpc) is 2.92. The van der Waals surface area contributed by atoms with Gasteiger partial charge in [-0.25, -0.2) is 0 Å². The predicted octanol–water partition coefficient (Wildman–Crippen LogP) is 3.62. The second kappa shape index (κ2) is 5.43. The minimum Gasteiger partial charge on any atom is -0.334 e. The van der Waals surface area contributed by atoms with Crippen molar-refractivity contribution in [1.29, 1.82) is 0 Å². The number of hydrogen-bond donors (Lipinski definition) is 1. The SMILES string of the molecule is Cc1ccc(Br)cc1-c1nc(C2CCCCN2)no1. The van der Waals surface area contributed by atoms with Crippen LogP contribution in [0.5, 0.6) is 0 Å². The van der Waals surface area contributed by atoms with Crippen molar-refractivity contribution in [2.75, 3.05) is 6.54 Å². The fraction of sp³-hybridized carbons (Fsp3) is 0.429. The van der Waals surface area contributed by atoms with Gasteiger partial charge in [0.15, 0.2) is 5.82 Å². The number of nitrogens with zero attached hydrogens (tertiary/aromatic N) is 2. The molecule has 1 N–H and O–H groups in total. The molecular formula is C14H16BrN3O. The van der Waals surface area contributed by atoms with Gasteiger partial charge < -0.3 is 9.84 Å². The van der Waals surface area contributed by atoms with E-state index in [4.69, 9.17) is 4.52 Å². The van der Waals surface area contributed by atoms with Gasteiger partial charge in [0.05, 0.1) is 6.04 Å². The van der Waals surface area contributed by atoms with Crippen LogP contribution in [-0.2, 0) is 0 Å². The molecule has 1 saturated heterocycles. The zero-order valence-electron chi connectivity index (χ0n) is 10.8. The highest BCUT2D eigenvalue weighted by atomic mass is 79.9. The van der Waals surface area contributed by atoms with Crippen molar-refractivity contribution in [2.45, 2.75) is 32.2 Å². The van der Waals surface area contributed by atoms with Gasteiger partial charge in [-0.05, 0) is 44.0 Å². The van der Waals surface area contributed by atoms with Gasteiger partial charge in [0.2, 0.25) is 0 Å². The fourth-order valence-electron chi connectivity index (χ4n) is 2.38. The average molecular weight is 322 g/mol. The lowest BCUT2D eigenvalue weighted by Crippen LogP contribution is -2.27. The molecule has 4 nitrogen and oxygen atoms in total. The van der Waals surface area contributed by atoms with E-state index in [1.54, 1.807) is 0 Å². The molecule has 1 atom stereocenters. The van der Waals surface area contributed by atoms with Gasteiger partial charge in [0.1, 0.15) is 0 Å². The third kappa shape index (κ3) is 2.72. The summed E-state index contributed by atoms with van der Waals surface area (Å²) in [4.78, 5) is 4.54. The van der Waals surface area contributed by atoms with Gasteiger partial charge in [0.25, 0.3) is 5.89 Å². The maximum Gasteiger partial charge on any atom is 0.258 e. The molecule has 0 radical (unpaired) electrons. The minimum atomic E-state index is 0.235. The maximum atomic E-state index is 5.42. The van der Waals surface area contributed by atoms with Gasteiger partial charge in [0, 0.05) is 10.0 Å². The van der Waals surface area contributed by atoms with Gasteiger partial charge in [-0.15, -0.1) is 0 Å². The van der Waals surface area contributed by atoms with Crippen molar-refractivity contribution in [3.05, 3.63) is 34.1 Å². The molecular weight excluding hydrogens is 306 g/mol. The summed E-state index contributed by atoms with van der Waals surface area (Å²) in [6, 6.07) is 6.31. The molecule has 1 aliphatic rings. The van der Waals surface area contributed by atoms with Crippen molar-refractivity contribution >= 4 is 15.9 Å². The molecule has 2 heterocycles. The Labute approximate surface area is 120 Å². The summed E-state index contributed by atoms with van der Waals surface area (Å²) < 4.78 is 6.44. The van der Waals surface area contributed by atoms with Gasteiger partial charge in [-0.1, -0.05) is 33.6 Å². The standard InChI is InChI=1S/C14H16BrN3O/c1-9-5-6-10(15)8-11(9)14-17-13(18-19-14)12-4-2-3-7-16-12/h5-6,8,12,16H,2-4,7H2,1H3. The molecule has 0 bridgehead atoms. The molecule has 5 heteroatoms. The van der Waals surface area contributed by atoms with E-state index >= 15 is 0 Å². The van der Waals surface area contributed by atoms with Crippen molar-refractivity contribution in [2.24, 2.45) is 0 Å². The second-order valence-corrected chi connectivity index (χ2v) is 5.84. The van der Waals surface area contributed by atoms with E-state index in [0.717, 1.165) is 34.4 Å². The van der Waals surface area contributed by atoms with Gasteiger partial charge in [-0.2, -0.15) is 4.98 Å². The Bertz CT molecular complexity index is 576. The topological polar surface area (TPSA) is 51.0 Å². The quantitative estimate of drug-likeness (QED) is 0.917. The Kier molecular flexibility index (Phi) is 3.66. The van der Waals surface area contributed by atoms with E-state index in [9.17, 15) is 0 Å².